The first-order chi connectivity index (χ1) is 8.56. The number of hydrogen-bond acceptors (Lipinski definition) is 1. The second kappa shape index (κ2) is 5.91. The van der Waals surface area contributed by atoms with Gasteiger partial charge >= 0.3 is 0 Å². The quantitative estimate of drug-likeness (QED) is 0.728. The molecule has 5 heteroatoms. The van der Waals surface area contributed by atoms with E-state index in [0.717, 1.165) is 3.57 Å². The second-order valence-corrected chi connectivity index (χ2v) is 5.62. The minimum Gasteiger partial charge on any atom is -0.322 e. The third kappa shape index (κ3) is 3.37. The van der Waals surface area contributed by atoms with E-state index in [4.69, 9.17) is 23.2 Å². The van der Waals surface area contributed by atoms with Crippen molar-refractivity contribution in [2.45, 2.75) is 0 Å². The Morgan fingerprint density at radius 2 is 1.78 bits per heavy atom. The fraction of sp³-hybridized carbons (Fsp3) is 0. The standard InChI is InChI=1S/C13H8Cl2INO/c14-8-2-1-3-10(6-8)17-13(18)11-5-4-9(15)7-12(11)16/h1-7H,(H,17,18). The van der Waals surface area contributed by atoms with Crippen molar-refractivity contribution in [3.05, 3.63) is 61.6 Å². The summed E-state index contributed by atoms with van der Waals surface area (Å²) in [6, 6.07) is 12.2. The molecule has 0 heterocycles. The van der Waals surface area contributed by atoms with E-state index in [1.165, 1.54) is 0 Å². The van der Waals surface area contributed by atoms with Gasteiger partial charge in [-0.3, -0.25) is 4.79 Å². The van der Waals surface area contributed by atoms with Gasteiger partial charge in [-0.25, -0.2) is 0 Å². The molecule has 1 N–H and O–H groups in total. The average molecular weight is 392 g/mol. The predicted molar refractivity (Wildman–Crippen MR) is 83.6 cm³/mol. The zero-order chi connectivity index (χ0) is 13.1. The molecule has 0 aliphatic rings. The largest absolute Gasteiger partial charge is 0.322 e. The first-order valence-electron chi connectivity index (χ1n) is 5.08. The van der Waals surface area contributed by atoms with Crippen LogP contribution in [0.3, 0.4) is 0 Å². The molecule has 0 radical (unpaired) electrons. The Bertz CT molecular complexity index is 601. The van der Waals surface area contributed by atoms with Crippen molar-refractivity contribution >= 4 is 57.4 Å². The van der Waals surface area contributed by atoms with Gasteiger partial charge in [-0.2, -0.15) is 0 Å². The lowest BCUT2D eigenvalue weighted by atomic mass is 10.2. The van der Waals surface area contributed by atoms with Gasteiger partial charge in [-0.05, 0) is 59.0 Å². The molecule has 0 bridgehead atoms. The fourth-order valence-electron chi connectivity index (χ4n) is 1.44. The van der Waals surface area contributed by atoms with E-state index in [0.29, 0.717) is 21.3 Å². The molecule has 18 heavy (non-hydrogen) atoms. The van der Waals surface area contributed by atoms with E-state index in [-0.39, 0.29) is 5.91 Å². The highest BCUT2D eigenvalue weighted by molar-refractivity contribution is 14.1. The fourth-order valence-corrected chi connectivity index (χ4v) is 2.74. The van der Waals surface area contributed by atoms with Crippen LogP contribution < -0.4 is 5.32 Å². The summed E-state index contributed by atoms with van der Waals surface area (Å²) in [6.45, 7) is 0. The third-order valence-corrected chi connectivity index (χ3v) is 3.62. The monoisotopic (exact) mass is 391 g/mol. The van der Waals surface area contributed by atoms with Crippen molar-refractivity contribution in [3.8, 4) is 0 Å². The van der Waals surface area contributed by atoms with E-state index < -0.39 is 0 Å². The predicted octanol–water partition coefficient (Wildman–Crippen LogP) is 4.85. The van der Waals surface area contributed by atoms with Crippen LogP contribution in [0.15, 0.2) is 42.5 Å². The van der Waals surface area contributed by atoms with Crippen LogP contribution in [0.2, 0.25) is 10.0 Å². The minimum absolute atomic E-state index is 0.182. The number of anilines is 1. The van der Waals surface area contributed by atoms with Gasteiger partial charge in [0.2, 0.25) is 0 Å². The SMILES string of the molecule is O=C(Nc1cccc(Cl)c1)c1ccc(Cl)cc1I. The van der Waals surface area contributed by atoms with E-state index >= 15 is 0 Å². The Kier molecular flexibility index (Phi) is 4.48. The van der Waals surface area contributed by atoms with Crippen molar-refractivity contribution in [2.75, 3.05) is 5.32 Å². The van der Waals surface area contributed by atoms with Crippen molar-refractivity contribution in [1.29, 1.82) is 0 Å². The van der Waals surface area contributed by atoms with Gasteiger partial charge in [0.1, 0.15) is 0 Å². The highest BCUT2D eigenvalue weighted by atomic mass is 127. The maximum Gasteiger partial charge on any atom is 0.256 e. The van der Waals surface area contributed by atoms with E-state index in [1.54, 1.807) is 42.5 Å². The minimum atomic E-state index is -0.182. The normalized spacial score (nSPS) is 10.2. The number of nitrogens with one attached hydrogen (secondary N) is 1. The van der Waals surface area contributed by atoms with E-state index in [2.05, 4.69) is 27.9 Å². The summed E-state index contributed by atoms with van der Waals surface area (Å²) in [5, 5.41) is 3.98. The van der Waals surface area contributed by atoms with Crippen LogP contribution in [-0.4, -0.2) is 5.91 Å². The molecule has 0 aromatic heterocycles. The summed E-state index contributed by atoms with van der Waals surface area (Å²) >= 11 is 13.8. The summed E-state index contributed by atoms with van der Waals surface area (Å²) < 4.78 is 0.805. The maximum absolute atomic E-state index is 12.1. The molecule has 0 aliphatic heterocycles. The van der Waals surface area contributed by atoms with Crippen LogP contribution in [0.5, 0.6) is 0 Å². The third-order valence-electron chi connectivity index (χ3n) is 2.26. The number of benzene rings is 2. The van der Waals surface area contributed by atoms with Crippen molar-refractivity contribution in [2.24, 2.45) is 0 Å². The Labute approximate surface area is 128 Å². The van der Waals surface area contributed by atoms with Crippen molar-refractivity contribution in [3.63, 3.8) is 0 Å². The Morgan fingerprint density at radius 3 is 2.44 bits per heavy atom. The van der Waals surface area contributed by atoms with Crippen LogP contribution in [0, 0.1) is 3.57 Å². The van der Waals surface area contributed by atoms with Crippen LogP contribution in [-0.2, 0) is 0 Å². The number of amides is 1. The first-order valence-corrected chi connectivity index (χ1v) is 6.92. The van der Waals surface area contributed by atoms with Gasteiger partial charge in [0.05, 0.1) is 5.56 Å². The van der Waals surface area contributed by atoms with Gasteiger partial charge in [0.15, 0.2) is 0 Å². The van der Waals surface area contributed by atoms with Crippen molar-refractivity contribution < 1.29 is 4.79 Å². The smallest absolute Gasteiger partial charge is 0.256 e. The molecule has 2 aromatic rings. The molecule has 2 aromatic carbocycles. The number of halogens is 3. The summed E-state index contributed by atoms with van der Waals surface area (Å²) in [5.74, 6) is -0.182. The first kappa shape index (κ1) is 13.6. The lowest BCUT2D eigenvalue weighted by Gasteiger charge is -2.07. The molecule has 0 saturated heterocycles. The highest BCUT2D eigenvalue weighted by Gasteiger charge is 2.10. The van der Waals surface area contributed by atoms with Crippen LogP contribution >= 0.6 is 45.8 Å². The lowest BCUT2D eigenvalue weighted by Crippen LogP contribution is -2.13. The van der Waals surface area contributed by atoms with E-state index in [1.807, 2.05) is 0 Å². The second-order valence-electron chi connectivity index (χ2n) is 3.59. The molecular weight excluding hydrogens is 384 g/mol. The molecule has 2 nitrogen and oxygen atoms in total. The van der Waals surface area contributed by atoms with Crippen LogP contribution in [0.25, 0.3) is 0 Å². The molecule has 0 aliphatic carbocycles. The Balaban J connectivity index is 2.22. The zero-order valence-corrected chi connectivity index (χ0v) is 12.8. The highest BCUT2D eigenvalue weighted by Crippen LogP contribution is 2.20. The molecular formula is C13H8Cl2INO. The lowest BCUT2D eigenvalue weighted by molar-refractivity contribution is 0.102. The molecule has 92 valence electrons. The number of carbonyl (C=O) groups excluding carboxylic acids is 1. The molecule has 0 atom stereocenters. The van der Waals surface area contributed by atoms with Gasteiger partial charge in [0.25, 0.3) is 5.91 Å². The summed E-state index contributed by atoms with van der Waals surface area (Å²) in [7, 11) is 0. The van der Waals surface area contributed by atoms with Gasteiger partial charge in [-0.15, -0.1) is 0 Å². The maximum atomic E-state index is 12.1. The summed E-state index contributed by atoms with van der Waals surface area (Å²) in [4.78, 5) is 12.1. The number of hydrogen-bond donors (Lipinski definition) is 1. The van der Waals surface area contributed by atoms with Crippen LogP contribution in [0.1, 0.15) is 10.4 Å². The van der Waals surface area contributed by atoms with Crippen LogP contribution in [0.4, 0.5) is 5.69 Å². The number of rotatable bonds is 2. The molecule has 0 fully saturated rings. The topological polar surface area (TPSA) is 29.1 Å². The molecule has 0 spiro atoms. The van der Waals surface area contributed by atoms with E-state index in [9.17, 15) is 4.79 Å². The molecule has 2 rings (SSSR count). The van der Waals surface area contributed by atoms with Gasteiger partial charge in [0, 0.05) is 19.3 Å². The van der Waals surface area contributed by atoms with Gasteiger partial charge < -0.3 is 5.32 Å². The summed E-state index contributed by atoms with van der Waals surface area (Å²) in [5.41, 5.74) is 1.25. The Morgan fingerprint density at radius 1 is 1.06 bits per heavy atom. The Hall–Kier alpha value is -0.780. The number of carbonyl (C=O) groups is 1. The molecule has 0 unspecified atom stereocenters. The zero-order valence-electron chi connectivity index (χ0n) is 9.08. The molecule has 0 saturated carbocycles. The van der Waals surface area contributed by atoms with Gasteiger partial charge in [-0.1, -0.05) is 29.3 Å². The van der Waals surface area contributed by atoms with Crippen molar-refractivity contribution in [1.82, 2.24) is 0 Å². The average Bonchev–Trinajstić information content (AvgIpc) is 2.28. The summed E-state index contributed by atoms with van der Waals surface area (Å²) in [6.07, 6.45) is 0. The molecule has 1 amide bonds.